The fourth-order valence-electron chi connectivity index (χ4n) is 2.06. The van der Waals surface area contributed by atoms with Crippen LogP contribution in [0.2, 0.25) is 0 Å². The fraction of sp³-hybridized carbons (Fsp3) is 1.00. The first-order valence-corrected chi connectivity index (χ1v) is 5.93. The van der Waals surface area contributed by atoms with Crippen molar-refractivity contribution in [3.8, 4) is 0 Å². The second-order valence-corrected chi connectivity index (χ2v) is 4.53. The Hall–Kier alpha value is -0.160. The quantitative estimate of drug-likeness (QED) is 0.576. The van der Waals surface area contributed by atoms with Crippen LogP contribution >= 0.6 is 0 Å². The summed E-state index contributed by atoms with van der Waals surface area (Å²) in [6, 6.07) is 0.646. The average molecular weight is 216 g/mol. The van der Waals surface area contributed by atoms with E-state index < -0.39 is 6.10 Å². The maximum absolute atomic E-state index is 9.26. The van der Waals surface area contributed by atoms with E-state index in [-0.39, 0.29) is 6.61 Å². The number of nitrogens with one attached hydrogen (secondary N) is 1. The minimum atomic E-state index is -0.602. The molecule has 1 aliphatic rings. The van der Waals surface area contributed by atoms with Crippen LogP contribution in [0.15, 0.2) is 0 Å². The highest BCUT2D eigenvalue weighted by Crippen LogP contribution is 2.10. The Labute approximate surface area is 92.3 Å². The van der Waals surface area contributed by atoms with Crippen molar-refractivity contribution in [2.45, 2.75) is 37.8 Å². The lowest BCUT2D eigenvalue weighted by atomic mass is 10.0. The van der Waals surface area contributed by atoms with Crippen LogP contribution in [0.4, 0.5) is 0 Å². The molecule has 0 bridgehead atoms. The van der Waals surface area contributed by atoms with Crippen LogP contribution < -0.4 is 5.32 Å². The third-order valence-electron chi connectivity index (χ3n) is 3.00. The van der Waals surface area contributed by atoms with Gasteiger partial charge in [-0.25, -0.2) is 0 Å². The zero-order chi connectivity index (χ0) is 11.1. The lowest BCUT2D eigenvalue weighted by molar-refractivity contribution is 0.0654. The van der Waals surface area contributed by atoms with Gasteiger partial charge in [0.1, 0.15) is 0 Å². The number of likely N-dealkylation sites (N-methyl/N-ethyl adjacent to an activating group) is 1. The Balaban J connectivity index is 2.07. The summed E-state index contributed by atoms with van der Waals surface area (Å²) in [6.07, 6.45) is 4.44. The number of nitrogens with zero attached hydrogens (tertiary/aromatic N) is 1. The van der Waals surface area contributed by atoms with Gasteiger partial charge in [-0.15, -0.1) is 0 Å². The monoisotopic (exact) mass is 216 g/mol. The van der Waals surface area contributed by atoms with Gasteiger partial charge in [0.25, 0.3) is 0 Å². The lowest BCUT2D eigenvalue weighted by Crippen LogP contribution is -2.38. The molecule has 0 amide bonds. The van der Waals surface area contributed by atoms with E-state index in [0.29, 0.717) is 12.6 Å². The molecule has 0 aliphatic carbocycles. The molecular weight excluding hydrogens is 192 g/mol. The van der Waals surface area contributed by atoms with E-state index in [2.05, 4.69) is 10.2 Å². The molecule has 0 aromatic carbocycles. The normalized spacial score (nSPS) is 24.4. The average Bonchev–Trinajstić information content (AvgIpc) is 2.27. The third kappa shape index (κ3) is 5.47. The Morgan fingerprint density at radius 1 is 1.47 bits per heavy atom. The van der Waals surface area contributed by atoms with Gasteiger partial charge in [-0.3, -0.25) is 0 Å². The molecule has 2 unspecified atom stereocenters. The number of piperidine rings is 1. The molecule has 1 rings (SSSR count). The van der Waals surface area contributed by atoms with Crippen molar-refractivity contribution in [2.24, 2.45) is 0 Å². The Kier molecular flexibility index (Phi) is 6.17. The maximum atomic E-state index is 9.26. The SMILES string of the molecule is CN(CCC1CCCCN1)CC(O)CO. The molecule has 0 aromatic heterocycles. The standard InChI is InChI=1S/C11H24N2O2/c1-13(8-11(15)9-14)7-5-10-4-2-3-6-12-10/h10-12,14-15H,2-9H2,1H3. The minimum absolute atomic E-state index is 0.147. The Morgan fingerprint density at radius 3 is 2.87 bits per heavy atom. The van der Waals surface area contributed by atoms with E-state index >= 15 is 0 Å². The Bertz CT molecular complexity index is 161. The van der Waals surface area contributed by atoms with Crippen LogP contribution in [0.3, 0.4) is 0 Å². The second kappa shape index (κ2) is 7.17. The molecule has 0 saturated carbocycles. The molecule has 15 heavy (non-hydrogen) atoms. The highest BCUT2D eigenvalue weighted by molar-refractivity contribution is 4.73. The van der Waals surface area contributed by atoms with Crippen LogP contribution in [-0.2, 0) is 0 Å². The van der Waals surface area contributed by atoms with E-state index in [0.717, 1.165) is 19.5 Å². The Morgan fingerprint density at radius 2 is 2.27 bits per heavy atom. The van der Waals surface area contributed by atoms with Crippen molar-refractivity contribution in [1.82, 2.24) is 10.2 Å². The van der Waals surface area contributed by atoms with Crippen molar-refractivity contribution in [3.63, 3.8) is 0 Å². The summed E-state index contributed by atoms with van der Waals surface area (Å²) in [5, 5.41) is 21.5. The number of aliphatic hydroxyl groups is 2. The van der Waals surface area contributed by atoms with Gasteiger partial charge in [0, 0.05) is 12.6 Å². The fourth-order valence-corrected chi connectivity index (χ4v) is 2.06. The van der Waals surface area contributed by atoms with Crippen molar-refractivity contribution >= 4 is 0 Å². The summed E-state index contributed by atoms with van der Waals surface area (Å²) in [6.45, 7) is 2.54. The van der Waals surface area contributed by atoms with E-state index in [1.807, 2.05) is 7.05 Å². The van der Waals surface area contributed by atoms with Crippen LogP contribution in [-0.4, -0.2) is 60.5 Å². The van der Waals surface area contributed by atoms with Gasteiger partial charge in [0.2, 0.25) is 0 Å². The van der Waals surface area contributed by atoms with Crippen LogP contribution in [0.25, 0.3) is 0 Å². The molecule has 1 fully saturated rings. The summed E-state index contributed by atoms with van der Waals surface area (Å²) in [5.74, 6) is 0. The maximum Gasteiger partial charge on any atom is 0.0897 e. The second-order valence-electron chi connectivity index (χ2n) is 4.53. The van der Waals surface area contributed by atoms with Gasteiger partial charge in [-0.05, 0) is 39.4 Å². The zero-order valence-corrected chi connectivity index (χ0v) is 9.65. The number of rotatable bonds is 6. The van der Waals surface area contributed by atoms with Crippen molar-refractivity contribution in [3.05, 3.63) is 0 Å². The number of hydrogen-bond donors (Lipinski definition) is 3. The molecule has 0 spiro atoms. The van der Waals surface area contributed by atoms with E-state index in [1.165, 1.54) is 19.3 Å². The van der Waals surface area contributed by atoms with E-state index in [4.69, 9.17) is 5.11 Å². The van der Waals surface area contributed by atoms with Gasteiger partial charge < -0.3 is 20.4 Å². The van der Waals surface area contributed by atoms with Crippen molar-refractivity contribution in [1.29, 1.82) is 0 Å². The molecule has 0 aromatic rings. The van der Waals surface area contributed by atoms with Gasteiger partial charge in [-0.2, -0.15) is 0 Å². The van der Waals surface area contributed by atoms with Crippen molar-refractivity contribution in [2.75, 3.05) is 33.3 Å². The molecule has 3 N–H and O–H groups in total. The minimum Gasteiger partial charge on any atom is -0.394 e. The summed E-state index contributed by atoms with van der Waals surface area (Å²) < 4.78 is 0. The van der Waals surface area contributed by atoms with Crippen molar-refractivity contribution < 1.29 is 10.2 Å². The topological polar surface area (TPSA) is 55.7 Å². The first-order valence-electron chi connectivity index (χ1n) is 5.93. The zero-order valence-electron chi connectivity index (χ0n) is 9.65. The van der Waals surface area contributed by atoms with Crippen LogP contribution in [0, 0.1) is 0 Å². The molecule has 1 heterocycles. The largest absolute Gasteiger partial charge is 0.394 e. The summed E-state index contributed by atoms with van der Waals surface area (Å²) in [5.41, 5.74) is 0. The predicted octanol–water partition coefficient (Wildman–Crippen LogP) is -0.196. The van der Waals surface area contributed by atoms with E-state index in [1.54, 1.807) is 0 Å². The van der Waals surface area contributed by atoms with Crippen LogP contribution in [0.1, 0.15) is 25.7 Å². The molecule has 4 heteroatoms. The van der Waals surface area contributed by atoms with Gasteiger partial charge in [-0.1, -0.05) is 6.42 Å². The molecular formula is C11H24N2O2. The van der Waals surface area contributed by atoms with Gasteiger partial charge in [0.05, 0.1) is 12.7 Å². The highest BCUT2D eigenvalue weighted by Gasteiger charge is 2.13. The molecule has 1 saturated heterocycles. The van der Waals surface area contributed by atoms with Gasteiger partial charge >= 0.3 is 0 Å². The number of hydrogen-bond acceptors (Lipinski definition) is 4. The summed E-state index contributed by atoms with van der Waals surface area (Å²) >= 11 is 0. The van der Waals surface area contributed by atoms with Crippen LogP contribution in [0.5, 0.6) is 0 Å². The predicted molar refractivity (Wildman–Crippen MR) is 60.8 cm³/mol. The molecule has 90 valence electrons. The first kappa shape index (κ1) is 12.9. The smallest absolute Gasteiger partial charge is 0.0897 e. The first-order chi connectivity index (χ1) is 7.22. The molecule has 1 aliphatic heterocycles. The lowest BCUT2D eigenvalue weighted by Gasteiger charge is -2.26. The third-order valence-corrected chi connectivity index (χ3v) is 3.00. The van der Waals surface area contributed by atoms with Gasteiger partial charge in [0.15, 0.2) is 0 Å². The molecule has 0 radical (unpaired) electrons. The summed E-state index contributed by atoms with van der Waals surface area (Å²) in [7, 11) is 1.99. The number of aliphatic hydroxyl groups excluding tert-OH is 2. The molecule has 4 nitrogen and oxygen atoms in total. The molecule has 2 atom stereocenters. The van der Waals surface area contributed by atoms with E-state index in [9.17, 15) is 5.11 Å². The highest BCUT2D eigenvalue weighted by atomic mass is 16.3. The summed E-state index contributed by atoms with van der Waals surface area (Å²) in [4.78, 5) is 2.08.